The van der Waals surface area contributed by atoms with Crippen molar-refractivity contribution in [2.24, 2.45) is 0 Å². The standard InChI is InChI=1S/C19H26N4O2/c1-15-6-2-3-7-16(15)22-12-10-21(11-13-22)14-23-17(24)19(20-18(23)25)8-4-5-9-19/h2-3,6-7H,4-5,8-14H2,1H3,(H,20,25). The lowest BCUT2D eigenvalue weighted by molar-refractivity contribution is -0.132. The highest BCUT2D eigenvalue weighted by Gasteiger charge is 2.52. The van der Waals surface area contributed by atoms with Crippen LogP contribution in [-0.4, -0.2) is 60.1 Å². The van der Waals surface area contributed by atoms with Crippen LogP contribution in [0.5, 0.6) is 0 Å². The Bertz CT molecular complexity index is 676. The van der Waals surface area contributed by atoms with Crippen LogP contribution in [0.15, 0.2) is 24.3 Å². The predicted molar refractivity (Wildman–Crippen MR) is 96.4 cm³/mol. The molecule has 1 spiro atoms. The maximum absolute atomic E-state index is 12.7. The zero-order chi connectivity index (χ0) is 17.4. The van der Waals surface area contributed by atoms with Gasteiger partial charge in [-0.1, -0.05) is 31.0 Å². The van der Waals surface area contributed by atoms with Crippen molar-refractivity contribution in [2.45, 2.75) is 38.1 Å². The van der Waals surface area contributed by atoms with Gasteiger partial charge in [0, 0.05) is 31.9 Å². The number of nitrogens with one attached hydrogen (secondary N) is 1. The number of para-hydroxylation sites is 1. The minimum Gasteiger partial charge on any atom is -0.369 e. The first-order valence-electron chi connectivity index (χ1n) is 9.26. The Morgan fingerprint density at radius 2 is 1.72 bits per heavy atom. The molecular formula is C19H26N4O2. The minimum absolute atomic E-state index is 0.0173. The van der Waals surface area contributed by atoms with Gasteiger partial charge in [-0.05, 0) is 31.4 Å². The van der Waals surface area contributed by atoms with Gasteiger partial charge in [-0.2, -0.15) is 0 Å². The van der Waals surface area contributed by atoms with Crippen molar-refractivity contribution in [3.63, 3.8) is 0 Å². The largest absolute Gasteiger partial charge is 0.369 e. The molecule has 134 valence electrons. The molecule has 1 aliphatic carbocycles. The molecule has 6 heteroatoms. The van der Waals surface area contributed by atoms with Crippen LogP contribution in [0, 0.1) is 6.92 Å². The molecule has 1 aromatic rings. The van der Waals surface area contributed by atoms with Gasteiger partial charge in [0.1, 0.15) is 5.54 Å². The summed E-state index contributed by atoms with van der Waals surface area (Å²) in [6.45, 7) is 6.10. The van der Waals surface area contributed by atoms with Gasteiger partial charge in [-0.15, -0.1) is 0 Å². The van der Waals surface area contributed by atoms with Crippen LogP contribution in [0.4, 0.5) is 10.5 Å². The van der Waals surface area contributed by atoms with Gasteiger partial charge < -0.3 is 10.2 Å². The molecule has 2 heterocycles. The molecule has 3 aliphatic rings. The number of piperazine rings is 1. The number of anilines is 1. The third kappa shape index (κ3) is 2.88. The molecule has 0 unspecified atom stereocenters. The highest BCUT2D eigenvalue weighted by Crippen LogP contribution is 2.35. The van der Waals surface area contributed by atoms with E-state index < -0.39 is 5.54 Å². The van der Waals surface area contributed by atoms with E-state index in [0.29, 0.717) is 6.67 Å². The van der Waals surface area contributed by atoms with E-state index in [2.05, 4.69) is 46.3 Å². The SMILES string of the molecule is Cc1ccccc1N1CCN(CN2C(=O)NC3(CCCC3)C2=O)CC1. The number of hydrogen-bond donors (Lipinski definition) is 1. The van der Waals surface area contributed by atoms with Crippen LogP contribution >= 0.6 is 0 Å². The van der Waals surface area contributed by atoms with Crippen molar-refractivity contribution in [3.8, 4) is 0 Å². The van der Waals surface area contributed by atoms with Crippen LogP contribution in [-0.2, 0) is 4.79 Å². The van der Waals surface area contributed by atoms with Crippen LogP contribution in [0.2, 0.25) is 0 Å². The van der Waals surface area contributed by atoms with Crippen LogP contribution in [0.3, 0.4) is 0 Å². The first-order chi connectivity index (χ1) is 12.1. The topological polar surface area (TPSA) is 55.9 Å². The summed E-state index contributed by atoms with van der Waals surface area (Å²) < 4.78 is 0. The number of amides is 3. The highest BCUT2D eigenvalue weighted by molar-refractivity contribution is 6.07. The van der Waals surface area contributed by atoms with E-state index >= 15 is 0 Å². The fourth-order valence-corrected chi connectivity index (χ4v) is 4.37. The minimum atomic E-state index is -0.597. The lowest BCUT2D eigenvalue weighted by atomic mass is 9.98. The lowest BCUT2D eigenvalue weighted by Crippen LogP contribution is -2.52. The van der Waals surface area contributed by atoms with Crippen LogP contribution in [0.1, 0.15) is 31.2 Å². The summed E-state index contributed by atoms with van der Waals surface area (Å²) in [5.74, 6) is -0.0173. The van der Waals surface area contributed by atoms with Gasteiger partial charge in [0.25, 0.3) is 5.91 Å². The maximum Gasteiger partial charge on any atom is 0.326 e. The average Bonchev–Trinajstić information content (AvgIpc) is 3.17. The zero-order valence-electron chi connectivity index (χ0n) is 14.8. The Hall–Kier alpha value is -2.08. The van der Waals surface area contributed by atoms with Crippen molar-refractivity contribution in [1.29, 1.82) is 0 Å². The number of urea groups is 1. The van der Waals surface area contributed by atoms with E-state index in [4.69, 9.17) is 0 Å². The second-order valence-corrected chi connectivity index (χ2v) is 7.49. The van der Waals surface area contributed by atoms with E-state index in [9.17, 15) is 9.59 Å². The average molecular weight is 342 g/mol. The predicted octanol–water partition coefficient (Wildman–Crippen LogP) is 1.94. The molecule has 0 aromatic heterocycles. The Labute approximate surface area is 148 Å². The quantitative estimate of drug-likeness (QED) is 0.853. The summed E-state index contributed by atoms with van der Waals surface area (Å²) >= 11 is 0. The molecule has 0 bridgehead atoms. The number of hydrogen-bond acceptors (Lipinski definition) is 4. The van der Waals surface area contributed by atoms with Crippen LogP contribution in [0.25, 0.3) is 0 Å². The number of carbonyl (C=O) groups excluding carboxylic acids is 2. The number of nitrogens with zero attached hydrogens (tertiary/aromatic N) is 3. The first-order valence-corrected chi connectivity index (χ1v) is 9.26. The molecule has 6 nitrogen and oxygen atoms in total. The number of benzene rings is 1. The molecule has 1 aromatic carbocycles. The monoisotopic (exact) mass is 342 g/mol. The van der Waals surface area contributed by atoms with E-state index in [0.717, 1.165) is 51.9 Å². The van der Waals surface area contributed by atoms with Crippen molar-refractivity contribution >= 4 is 17.6 Å². The summed E-state index contributed by atoms with van der Waals surface area (Å²) in [6.07, 6.45) is 3.62. The van der Waals surface area contributed by atoms with Crippen molar-refractivity contribution in [2.75, 3.05) is 37.7 Å². The molecule has 2 saturated heterocycles. The van der Waals surface area contributed by atoms with Gasteiger partial charge in [-0.3, -0.25) is 9.69 Å². The zero-order valence-corrected chi connectivity index (χ0v) is 14.8. The normalized spacial score (nSPS) is 23.6. The maximum atomic E-state index is 12.7. The molecule has 2 aliphatic heterocycles. The van der Waals surface area contributed by atoms with Gasteiger partial charge in [-0.25, -0.2) is 9.69 Å². The van der Waals surface area contributed by atoms with Gasteiger partial charge in [0.15, 0.2) is 0 Å². The summed E-state index contributed by atoms with van der Waals surface area (Å²) in [5.41, 5.74) is 1.97. The molecular weight excluding hydrogens is 316 g/mol. The Kier molecular flexibility index (Phi) is 4.15. The second-order valence-electron chi connectivity index (χ2n) is 7.49. The second kappa shape index (κ2) is 6.33. The summed E-state index contributed by atoms with van der Waals surface area (Å²) in [4.78, 5) is 31.1. The third-order valence-electron chi connectivity index (χ3n) is 5.87. The molecule has 3 fully saturated rings. The van der Waals surface area contributed by atoms with Gasteiger partial charge in [0.2, 0.25) is 0 Å². The number of carbonyl (C=O) groups is 2. The van der Waals surface area contributed by atoms with E-state index in [1.807, 2.05) is 0 Å². The Morgan fingerprint density at radius 3 is 2.40 bits per heavy atom. The van der Waals surface area contributed by atoms with Crippen LogP contribution < -0.4 is 10.2 Å². The smallest absolute Gasteiger partial charge is 0.326 e. The van der Waals surface area contributed by atoms with Crippen molar-refractivity contribution < 1.29 is 9.59 Å². The lowest BCUT2D eigenvalue weighted by Gasteiger charge is -2.37. The number of aryl methyl sites for hydroxylation is 1. The summed E-state index contributed by atoms with van der Waals surface area (Å²) in [7, 11) is 0. The van der Waals surface area contributed by atoms with E-state index in [-0.39, 0.29) is 11.9 Å². The molecule has 25 heavy (non-hydrogen) atoms. The molecule has 4 rings (SSSR count). The van der Waals surface area contributed by atoms with Gasteiger partial charge in [0.05, 0.1) is 6.67 Å². The molecule has 1 N–H and O–H groups in total. The molecule has 0 atom stereocenters. The fraction of sp³-hybridized carbons (Fsp3) is 0.579. The molecule has 3 amide bonds. The van der Waals surface area contributed by atoms with E-state index in [1.54, 1.807) is 0 Å². The summed E-state index contributed by atoms with van der Waals surface area (Å²) in [5, 5.41) is 2.96. The van der Waals surface area contributed by atoms with Gasteiger partial charge >= 0.3 is 6.03 Å². The molecule has 0 radical (unpaired) electrons. The molecule has 1 saturated carbocycles. The number of rotatable bonds is 3. The summed E-state index contributed by atoms with van der Waals surface area (Å²) in [6, 6.07) is 8.21. The Balaban J connectivity index is 1.37. The van der Waals surface area contributed by atoms with Crippen molar-refractivity contribution in [1.82, 2.24) is 15.1 Å². The Morgan fingerprint density at radius 1 is 1.04 bits per heavy atom. The van der Waals surface area contributed by atoms with E-state index in [1.165, 1.54) is 16.2 Å². The highest BCUT2D eigenvalue weighted by atomic mass is 16.2. The third-order valence-corrected chi connectivity index (χ3v) is 5.87. The fourth-order valence-electron chi connectivity index (χ4n) is 4.37. The number of imide groups is 1. The van der Waals surface area contributed by atoms with Crippen molar-refractivity contribution in [3.05, 3.63) is 29.8 Å². The first kappa shape index (κ1) is 16.4.